The first-order valence-electron chi connectivity index (χ1n) is 7.17. The van der Waals surface area contributed by atoms with Gasteiger partial charge >= 0.3 is 0 Å². The highest BCUT2D eigenvalue weighted by Gasteiger charge is 2.21. The number of carbonyl (C=O) groups is 2. The van der Waals surface area contributed by atoms with Crippen molar-refractivity contribution in [3.8, 4) is 5.75 Å². The second-order valence-electron chi connectivity index (χ2n) is 5.06. The number of nitrogens with one attached hydrogen (secondary N) is 1. The molecule has 0 aliphatic heterocycles. The Labute approximate surface area is 141 Å². The molecule has 122 valence electrons. The lowest BCUT2D eigenvalue weighted by Crippen LogP contribution is -2.17. The molecule has 1 N–H and O–H groups in total. The topological polar surface area (TPSA) is 97.8 Å². The third-order valence-electron chi connectivity index (χ3n) is 3.39. The van der Waals surface area contributed by atoms with Crippen molar-refractivity contribution in [1.82, 2.24) is 20.6 Å². The van der Waals surface area contributed by atoms with Gasteiger partial charge in [-0.3, -0.25) is 9.59 Å². The van der Waals surface area contributed by atoms with Gasteiger partial charge in [-0.05, 0) is 35.0 Å². The lowest BCUT2D eigenvalue weighted by molar-refractivity contribution is -0.114. The van der Waals surface area contributed by atoms with Crippen molar-refractivity contribution >= 4 is 22.9 Å². The molecule has 24 heavy (non-hydrogen) atoms. The molecular formula is C16H14N4O3S. The van der Waals surface area contributed by atoms with Crippen LogP contribution in [0.25, 0.3) is 0 Å². The van der Waals surface area contributed by atoms with E-state index in [2.05, 4.69) is 20.6 Å². The normalized spacial score (nSPS) is 10.5. The largest absolute Gasteiger partial charge is 0.497 e. The number of H-pyrrole nitrogens is 1. The summed E-state index contributed by atoms with van der Waals surface area (Å²) in [6.45, 7) is 0. The van der Waals surface area contributed by atoms with E-state index >= 15 is 0 Å². The van der Waals surface area contributed by atoms with Crippen molar-refractivity contribution in [2.45, 2.75) is 12.8 Å². The zero-order valence-corrected chi connectivity index (χ0v) is 13.7. The molecule has 0 saturated carbocycles. The van der Waals surface area contributed by atoms with Crippen LogP contribution < -0.4 is 4.74 Å². The zero-order chi connectivity index (χ0) is 16.9. The average Bonchev–Trinajstić information content (AvgIpc) is 3.27. The number of aromatic amines is 1. The van der Waals surface area contributed by atoms with Crippen LogP contribution in [0.4, 0.5) is 0 Å². The maximum atomic E-state index is 12.0. The second-order valence-corrected chi connectivity index (χ2v) is 6.31. The van der Waals surface area contributed by atoms with Crippen LogP contribution in [-0.4, -0.2) is 39.3 Å². The molecule has 0 amide bonds. The maximum Gasteiger partial charge on any atom is 0.269 e. The molecule has 2 heterocycles. The smallest absolute Gasteiger partial charge is 0.269 e. The van der Waals surface area contributed by atoms with E-state index in [1.54, 1.807) is 7.11 Å². The number of methoxy groups -OCH3 is 1. The van der Waals surface area contributed by atoms with Crippen LogP contribution in [0.2, 0.25) is 0 Å². The van der Waals surface area contributed by atoms with Gasteiger partial charge in [0.25, 0.3) is 5.78 Å². The summed E-state index contributed by atoms with van der Waals surface area (Å²) in [5, 5.41) is 12.5. The van der Waals surface area contributed by atoms with Crippen LogP contribution in [-0.2, 0) is 17.6 Å². The first kappa shape index (κ1) is 16.0. The van der Waals surface area contributed by atoms with Gasteiger partial charge in [-0.1, -0.05) is 12.1 Å². The Morgan fingerprint density at radius 1 is 1.12 bits per heavy atom. The second kappa shape index (κ2) is 7.14. The van der Waals surface area contributed by atoms with Crippen molar-refractivity contribution in [3.05, 3.63) is 57.5 Å². The minimum atomic E-state index is -0.728. The summed E-state index contributed by atoms with van der Waals surface area (Å²) >= 11 is 1.51. The van der Waals surface area contributed by atoms with Crippen molar-refractivity contribution in [3.63, 3.8) is 0 Å². The van der Waals surface area contributed by atoms with Gasteiger partial charge in [-0.2, -0.15) is 5.21 Å². The number of rotatable bonds is 7. The summed E-state index contributed by atoms with van der Waals surface area (Å²) in [5.41, 5.74) is 1.15. The van der Waals surface area contributed by atoms with Gasteiger partial charge in [-0.15, -0.1) is 21.5 Å². The number of ketones is 2. The Bertz CT molecular complexity index is 841. The van der Waals surface area contributed by atoms with Crippen LogP contribution in [0.15, 0.2) is 36.4 Å². The van der Waals surface area contributed by atoms with E-state index in [0.717, 1.165) is 27.5 Å². The van der Waals surface area contributed by atoms with Gasteiger partial charge in [0.05, 0.1) is 7.11 Å². The first-order chi connectivity index (χ1) is 11.7. The molecule has 0 saturated heterocycles. The molecular weight excluding hydrogens is 328 g/mol. The van der Waals surface area contributed by atoms with Crippen molar-refractivity contribution in [1.29, 1.82) is 0 Å². The number of carbonyl (C=O) groups excluding carboxylic acids is 2. The van der Waals surface area contributed by atoms with Gasteiger partial charge in [-0.25, -0.2) is 0 Å². The predicted octanol–water partition coefficient (Wildman–Crippen LogP) is 1.86. The van der Waals surface area contributed by atoms with Crippen LogP contribution >= 0.6 is 11.3 Å². The maximum absolute atomic E-state index is 12.0. The lowest BCUT2D eigenvalue weighted by Gasteiger charge is -2.01. The number of benzene rings is 1. The molecule has 0 spiro atoms. The third kappa shape index (κ3) is 3.72. The van der Waals surface area contributed by atoms with Gasteiger partial charge in [0.2, 0.25) is 11.6 Å². The Morgan fingerprint density at radius 3 is 2.54 bits per heavy atom. The Kier molecular flexibility index (Phi) is 4.76. The summed E-state index contributed by atoms with van der Waals surface area (Å²) < 4.78 is 5.14. The summed E-state index contributed by atoms with van der Waals surface area (Å²) in [6.07, 6.45) is 0.808. The van der Waals surface area contributed by atoms with Gasteiger partial charge < -0.3 is 4.74 Å². The Balaban J connectivity index is 1.62. The van der Waals surface area contributed by atoms with Crippen LogP contribution in [0.5, 0.6) is 5.75 Å². The Morgan fingerprint density at radius 2 is 1.88 bits per heavy atom. The molecule has 7 nitrogen and oxygen atoms in total. The van der Waals surface area contributed by atoms with Crippen molar-refractivity contribution in [2.75, 3.05) is 7.11 Å². The van der Waals surface area contributed by atoms with Crippen LogP contribution in [0, 0.1) is 0 Å². The van der Waals surface area contributed by atoms with E-state index in [4.69, 9.17) is 4.74 Å². The van der Waals surface area contributed by atoms with Crippen LogP contribution in [0.3, 0.4) is 0 Å². The molecule has 0 radical (unpaired) electrons. The van der Waals surface area contributed by atoms with E-state index in [1.165, 1.54) is 11.3 Å². The van der Waals surface area contributed by atoms with E-state index in [-0.39, 0.29) is 12.2 Å². The molecule has 0 atom stereocenters. The SMILES string of the molecule is COc1ccc(Cc2ccc(CC(=O)C(=O)c3nn[nH]n3)s2)cc1. The number of thiophene rings is 1. The lowest BCUT2D eigenvalue weighted by atomic mass is 10.1. The minimum Gasteiger partial charge on any atom is -0.497 e. The molecule has 0 unspecified atom stereocenters. The molecule has 3 rings (SSSR count). The standard InChI is InChI=1S/C16H14N4O3S/c1-23-11-4-2-10(3-5-11)8-12-6-7-13(24-12)9-14(21)15(22)16-17-19-20-18-16/h2-7H,8-9H2,1H3,(H,17,18,19,20). The molecule has 0 fully saturated rings. The fraction of sp³-hybridized carbons (Fsp3) is 0.188. The van der Waals surface area contributed by atoms with E-state index in [1.807, 2.05) is 36.4 Å². The summed E-state index contributed by atoms with van der Waals surface area (Å²) in [5.74, 6) is -0.658. The summed E-state index contributed by atoms with van der Waals surface area (Å²) in [6, 6.07) is 11.7. The number of Topliss-reactive ketones (excluding diaryl/α,β-unsaturated/α-hetero) is 2. The van der Waals surface area contributed by atoms with Crippen LogP contribution in [0.1, 0.15) is 25.9 Å². The third-order valence-corrected chi connectivity index (χ3v) is 4.48. The quantitative estimate of drug-likeness (QED) is 0.520. The van der Waals surface area contributed by atoms with Gasteiger partial charge in [0.15, 0.2) is 0 Å². The number of nitrogens with zero attached hydrogens (tertiary/aromatic N) is 3. The van der Waals surface area contributed by atoms with Crippen molar-refractivity contribution < 1.29 is 14.3 Å². The predicted molar refractivity (Wildman–Crippen MR) is 87.3 cm³/mol. The molecule has 1 aromatic carbocycles. The van der Waals surface area contributed by atoms with Gasteiger partial charge in [0.1, 0.15) is 5.75 Å². The highest BCUT2D eigenvalue weighted by atomic mass is 32.1. The number of hydrogen-bond donors (Lipinski definition) is 1. The van der Waals surface area contributed by atoms with Crippen molar-refractivity contribution in [2.24, 2.45) is 0 Å². The number of hydrogen-bond acceptors (Lipinski definition) is 7. The average molecular weight is 342 g/mol. The fourth-order valence-corrected chi connectivity index (χ4v) is 3.23. The van der Waals surface area contributed by atoms with E-state index in [0.29, 0.717) is 0 Å². The molecule has 0 bridgehead atoms. The number of tetrazole rings is 1. The molecule has 2 aromatic heterocycles. The molecule has 8 heteroatoms. The molecule has 0 aliphatic rings. The van der Waals surface area contributed by atoms with Gasteiger partial charge in [0, 0.05) is 22.6 Å². The minimum absolute atomic E-state index is 0.0423. The summed E-state index contributed by atoms with van der Waals surface area (Å²) in [4.78, 5) is 25.8. The highest BCUT2D eigenvalue weighted by Crippen LogP contribution is 2.22. The number of ether oxygens (including phenoxy) is 1. The molecule has 0 aliphatic carbocycles. The first-order valence-corrected chi connectivity index (χ1v) is 7.99. The zero-order valence-electron chi connectivity index (χ0n) is 12.9. The summed E-state index contributed by atoms with van der Waals surface area (Å²) in [7, 11) is 1.63. The number of aromatic nitrogens is 4. The monoisotopic (exact) mass is 342 g/mol. The van der Waals surface area contributed by atoms with E-state index < -0.39 is 11.6 Å². The Hall–Kier alpha value is -2.87. The highest BCUT2D eigenvalue weighted by molar-refractivity contribution is 7.12. The fourth-order valence-electron chi connectivity index (χ4n) is 2.18. The van der Waals surface area contributed by atoms with E-state index in [9.17, 15) is 9.59 Å². The molecule has 3 aromatic rings.